The Hall–Kier alpha value is -2.31. The van der Waals surface area contributed by atoms with Crippen molar-refractivity contribution in [3.8, 4) is 0 Å². The quantitative estimate of drug-likeness (QED) is 0.589. The number of hydrogen-bond donors (Lipinski definition) is 2. The van der Waals surface area contributed by atoms with Gasteiger partial charge < -0.3 is 15.1 Å². The highest BCUT2D eigenvalue weighted by atomic mass is 16.3. The lowest BCUT2D eigenvalue weighted by atomic mass is 9.92. The van der Waals surface area contributed by atoms with Crippen LogP contribution in [0.25, 0.3) is 0 Å². The summed E-state index contributed by atoms with van der Waals surface area (Å²) in [6.07, 6.45) is 2.97. The average Bonchev–Trinajstić information content (AvgIpc) is 2.96. The zero-order valence-corrected chi connectivity index (χ0v) is 14.7. The van der Waals surface area contributed by atoms with Crippen LogP contribution in [-0.4, -0.2) is 35.8 Å². The van der Waals surface area contributed by atoms with Gasteiger partial charge in [-0.25, -0.2) is 4.79 Å². The maximum Gasteiger partial charge on any atom is 0.325 e. The summed E-state index contributed by atoms with van der Waals surface area (Å²) in [7, 11) is 0. The number of amides is 4. The first-order valence-electron chi connectivity index (χ1n) is 8.28. The van der Waals surface area contributed by atoms with Crippen LogP contribution in [0, 0.1) is 13.8 Å². The summed E-state index contributed by atoms with van der Waals surface area (Å²) in [5.74, 6) is 0.464. The van der Waals surface area contributed by atoms with Crippen molar-refractivity contribution in [2.75, 3.05) is 13.1 Å². The van der Waals surface area contributed by atoms with E-state index in [0.29, 0.717) is 23.6 Å². The number of aryl methyl sites for hydroxylation is 2. The summed E-state index contributed by atoms with van der Waals surface area (Å²) in [6.45, 7) is 7.51. The summed E-state index contributed by atoms with van der Waals surface area (Å²) in [5.41, 5.74) is -0.592. The van der Waals surface area contributed by atoms with Gasteiger partial charge in [-0.2, -0.15) is 0 Å². The molecule has 1 aromatic rings. The Morgan fingerprint density at radius 3 is 2.62 bits per heavy atom. The van der Waals surface area contributed by atoms with Crippen molar-refractivity contribution in [1.82, 2.24) is 15.5 Å². The highest BCUT2D eigenvalue weighted by molar-refractivity contribution is 6.09. The number of rotatable bonds is 7. The normalized spacial score (nSPS) is 20.4. The first-order valence-corrected chi connectivity index (χ1v) is 8.28. The van der Waals surface area contributed by atoms with E-state index in [-0.39, 0.29) is 12.5 Å². The molecule has 1 aliphatic rings. The molecule has 0 saturated carbocycles. The maximum absolute atomic E-state index is 12.7. The van der Waals surface area contributed by atoms with Gasteiger partial charge in [0.05, 0.1) is 0 Å². The summed E-state index contributed by atoms with van der Waals surface area (Å²) in [4.78, 5) is 37.8. The lowest BCUT2D eigenvalue weighted by molar-refractivity contribution is -0.134. The second-order valence-electron chi connectivity index (χ2n) is 6.33. The van der Waals surface area contributed by atoms with Crippen molar-refractivity contribution >= 4 is 17.8 Å². The molecule has 132 valence electrons. The van der Waals surface area contributed by atoms with Gasteiger partial charge in [0.25, 0.3) is 5.91 Å². The molecular weight excluding hydrogens is 310 g/mol. The van der Waals surface area contributed by atoms with Crippen molar-refractivity contribution in [3.63, 3.8) is 0 Å². The number of urea groups is 1. The van der Waals surface area contributed by atoms with E-state index in [0.717, 1.165) is 24.2 Å². The molecule has 2 rings (SSSR count). The third kappa shape index (κ3) is 3.44. The first kappa shape index (κ1) is 18.0. The minimum atomic E-state index is -1.21. The fourth-order valence-corrected chi connectivity index (χ4v) is 2.95. The molecule has 1 fully saturated rings. The van der Waals surface area contributed by atoms with E-state index in [1.165, 1.54) is 0 Å². The fourth-order valence-electron chi connectivity index (χ4n) is 2.95. The van der Waals surface area contributed by atoms with Gasteiger partial charge >= 0.3 is 6.03 Å². The van der Waals surface area contributed by atoms with Gasteiger partial charge in [0.2, 0.25) is 5.91 Å². The van der Waals surface area contributed by atoms with E-state index in [1.807, 2.05) is 0 Å². The predicted octanol–water partition coefficient (Wildman–Crippen LogP) is 1.97. The van der Waals surface area contributed by atoms with Gasteiger partial charge in [0, 0.05) is 12.1 Å². The Kier molecular flexibility index (Phi) is 5.31. The zero-order valence-electron chi connectivity index (χ0n) is 14.7. The molecule has 0 bridgehead atoms. The Labute approximate surface area is 141 Å². The minimum Gasteiger partial charge on any atom is -0.466 e. The summed E-state index contributed by atoms with van der Waals surface area (Å²) >= 11 is 0. The van der Waals surface area contributed by atoms with Crippen LogP contribution in [0.2, 0.25) is 0 Å². The molecule has 1 saturated heterocycles. The fraction of sp³-hybridized carbons (Fsp3) is 0.588. The highest BCUT2D eigenvalue weighted by Crippen LogP contribution is 2.32. The Bertz CT molecular complexity index is 652. The highest BCUT2D eigenvalue weighted by Gasteiger charge is 2.50. The molecule has 1 aliphatic heterocycles. The van der Waals surface area contributed by atoms with Crippen molar-refractivity contribution in [3.05, 3.63) is 23.2 Å². The molecule has 2 N–H and O–H groups in total. The van der Waals surface area contributed by atoms with E-state index < -0.39 is 17.5 Å². The van der Waals surface area contributed by atoms with E-state index in [4.69, 9.17) is 4.42 Å². The molecule has 0 aromatic carbocycles. The number of nitrogens with one attached hydrogen (secondary N) is 2. The molecule has 1 aromatic heterocycles. The number of imide groups is 1. The third-order valence-corrected chi connectivity index (χ3v) is 4.26. The van der Waals surface area contributed by atoms with E-state index in [9.17, 15) is 14.4 Å². The predicted molar refractivity (Wildman–Crippen MR) is 88.3 cm³/mol. The van der Waals surface area contributed by atoms with E-state index in [1.54, 1.807) is 26.8 Å². The SMILES string of the molecule is CCCCCNC(=O)CN1C(=O)NC(C)(c2cc(C)oc2C)C1=O. The number of carbonyl (C=O) groups is 3. The van der Waals surface area contributed by atoms with Crippen LogP contribution in [-0.2, 0) is 15.1 Å². The van der Waals surface area contributed by atoms with Gasteiger partial charge in [-0.15, -0.1) is 0 Å². The van der Waals surface area contributed by atoms with E-state index >= 15 is 0 Å². The number of furan rings is 1. The van der Waals surface area contributed by atoms with Crippen molar-refractivity contribution in [1.29, 1.82) is 0 Å². The van der Waals surface area contributed by atoms with Crippen LogP contribution in [0.5, 0.6) is 0 Å². The van der Waals surface area contributed by atoms with Crippen molar-refractivity contribution in [2.24, 2.45) is 0 Å². The average molecular weight is 335 g/mol. The molecule has 0 aliphatic carbocycles. The number of hydrogen-bond acceptors (Lipinski definition) is 4. The second kappa shape index (κ2) is 7.07. The lowest BCUT2D eigenvalue weighted by Gasteiger charge is -2.21. The van der Waals surface area contributed by atoms with Crippen LogP contribution in [0.4, 0.5) is 4.79 Å². The second-order valence-corrected chi connectivity index (χ2v) is 6.33. The van der Waals surface area contributed by atoms with Crippen molar-refractivity contribution < 1.29 is 18.8 Å². The summed E-state index contributed by atoms with van der Waals surface area (Å²) in [6, 6.07) is 1.17. The maximum atomic E-state index is 12.7. The number of carbonyl (C=O) groups excluding carboxylic acids is 3. The molecule has 1 unspecified atom stereocenters. The Morgan fingerprint density at radius 1 is 1.33 bits per heavy atom. The molecule has 24 heavy (non-hydrogen) atoms. The summed E-state index contributed by atoms with van der Waals surface area (Å²) in [5, 5.41) is 5.42. The molecule has 7 nitrogen and oxygen atoms in total. The van der Waals surface area contributed by atoms with Crippen LogP contribution in [0.15, 0.2) is 10.5 Å². The largest absolute Gasteiger partial charge is 0.466 e. The smallest absolute Gasteiger partial charge is 0.325 e. The van der Waals surface area contributed by atoms with Crippen molar-refractivity contribution in [2.45, 2.75) is 52.5 Å². The van der Waals surface area contributed by atoms with Gasteiger partial charge in [-0.05, 0) is 33.3 Å². The third-order valence-electron chi connectivity index (χ3n) is 4.26. The van der Waals surface area contributed by atoms with Crippen LogP contribution in [0.1, 0.15) is 50.2 Å². The molecule has 2 heterocycles. The number of unbranched alkanes of at least 4 members (excludes halogenated alkanes) is 2. The molecule has 0 radical (unpaired) electrons. The van der Waals surface area contributed by atoms with Crippen LogP contribution < -0.4 is 10.6 Å². The molecule has 0 spiro atoms. The molecule has 4 amide bonds. The van der Waals surface area contributed by atoms with Gasteiger partial charge in [0.15, 0.2) is 0 Å². The van der Waals surface area contributed by atoms with Crippen LogP contribution in [0.3, 0.4) is 0 Å². The topological polar surface area (TPSA) is 91.7 Å². The number of nitrogens with zero attached hydrogens (tertiary/aromatic N) is 1. The van der Waals surface area contributed by atoms with Gasteiger partial charge in [-0.1, -0.05) is 19.8 Å². The van der Waals surface area contributed by atoms with Gasteiger partial charge in [-0.3, -0.25) is 14.5 Å². The zero-order chi connectivity index (χ0) is 17.9. The monoisotopic (exact) mass is 335 g/mol. The Morgan fingerprint density at radius 2 is 2.04 bits per heavy atom. The minimum absolute atomic E-state index is 0.276. The standard InChI is InChI=1S/C17H25N3O4/c1-5-6-7-8-18-14(21)10-20-15(22)17(4,19-16(20)23)13-9-11(2)24-12(13)3/h9H,5-8,10H2,1-4H3,(H,18,21)(H,19,23). The van der Waals surface area contributed by atoms with E-state index in [2.05, 4.69) is 17.6 Å². The first-order chi connectivity index (χ1) is 11.3. The summed E-state index contributed by atoms with van der Waals surface area (Å²) < 4.78 is 5.47. The Balaban J connectivity index is 2.06. The van der Waals surface area contributed by atoms with Crippen LogP contribution >= 0.6 is 0 Å². The lowest BCUT2D eigenvalue weighted by Crippen LogP contribution is -2.43. The molecular formula is C17H25N3O4. The molecule has 1 atom stereocenters. The van der Waals surface area contributed by atoms with Gasteiger partial charge in [0.1, 0.15) is 23.6 Å². The molecule has 7 heteroatoms.